The van der Waals surface area contributed by atoms with E-state index in [1.54, 1.807) is 7.11 Å². The van der Waals surface area contributed by atoms with Crippen LogP contribution in [0.25, 0.3) is 0 Å². The quantitative estimate of drug-likeness (QED) is 0.547. The molecular formula is C9H13ClFN3O. The van der Waals surface area contributed by atoms with Crippen molar-refractivity contribution in [1.82, 2.24) is 0 Å². The molecule has 0 spiro atoms. The zero-order chi connectivity index (χ0) is 11.4. The van der Waals surface area contributed by atoms with Gasteiger partial charge in [-0.25, -0.2) is 4.39 Å². The predicted octanol–water partition coefficient (Wildman–Crippen LogP) is 1.70. The van der Waals surface area contributed by atoms with Crippen molar-refractivity contribution >= 4 is 28.7 Å². The average Bonchev–Trinajstić information content (AvgIpc) is 2.20. The smallest absolute Gasteiger partial charge is 0.169 e. The minimum absolute atomic E-state index is 0.121. The van der Waals surface area contributed by atoms with E-state index >= 15 is 0 Å². The molecule has 0 unspecified atom stereocenters. The Morgan fingerprint density at radius 1 is 1.47 bits per heavy atom. The molecule has 0 aliphatic rings. The number of nitrogens with one attached hydrogen (secondary N) is 1. The minimum atomic E-state index is -0.634. The van der Waals surface area contributed by atoms with E-state index in [0.29, 0.717) is 13.2 Å². The highest BCUT2D eigenvalue weighted by Crippen LogP contribution is 2.33. The molecule has 4 nitrogen and oxygen atoms in total. The van der Waals surface area contributed by atoms with Gasteiger partial charge >= 0.3 is 0 Å². The van der Waals surface area contributed by atoms with Crippen LogP contribution in [0.5, 0.6) is 0 Å². The molecule has 0 aromatic heterocycles. The molecule has 1 aromatic carbocycles. The van der Waals surface area contributed by atoms with Crippen LogP contribution in [-0.4, -0.2) is 20.3 Å². The molecule has 0 atom stereocenters. The molecule has 0 radical (unpaired) electrons. The molecule has 15 heavy (non-hydrogen) atoms. The summed E-state index contributed by atoms with van der Waals surface area (Å²) in [7, 11) is 1.55. The van der Waals surface area contributed by atoms with Crippen molar-refractivity contribution in [3.05, 3.63) is 16.9 Å². The summed E-state index contributed by atoms with van der Waals surface area (Å²) in [5.41, 5.74) is 11.5. The number of anilines is 3. The van der Waals surface area contributed by atoms with Crippen molar-refractivity contribution in [3.8, 4) is 0 Å². The molecule has 84 valence electrons. The molecule has 1 rings (SSSR count). The fourth-order valence-electron chi connectivity index (χ4n) is 1.12. The summed E-state index contributed by atoms with van der Waals surface area (Å²) >= 11 is 5.64. The van der Waals surface area contributed by atoms with Gasteiger partial charge in [-0.1, -0.05) is 11.6 Å². The second kappa shape index (κ2) is 5.04. The minimum Gasteiger partial charge on any atom is -0.397 e. The number of rotatable bonds is 4. The van der Waals surface area contributed by atoms with Crippen LogP contribution in [0.15, 0.2) is 6.07 Å². The Labute approximate surface area is 92.3 Å². The van der Waals surface area contributed by atoms with Crippen molar-refractivity contribution < 1.29 is 9.13 Å². The van der Waals surface area contributed by atoms with Gasteiger partial charge in [-0.15, -0.1) is 0 Å². The first-order chi connectivity index (χ1) is 7.07. The molecule has 0 amide bonds. The highest BCUT2D eigenvalue weighted by Gasteiger charge is 2.13. The van der Waals surface area contributed by atoms with Gasteiger partial charge in [-0.05, 0) is 6.07 Å². The first-order valence-electron chi connectivity index (χ1n) is 4.33. The summed E-state index contributed by atoms with van der Waals surface area (Å²) in [4.78, 5) is 0. The SMILES string of the molecule is COCCNc1c(N)cc(N)c(Cl)c1F. The van der Waals surface area contributed by atoms with E-state index in [1.165, 1.54) is 6.07 Å². The maximum atomic E-state index is 13.6. The van der Waals surface area contributed by atoms with Crippen molar-refractivity contribution in [3.63, 3.8) is 0 Å². The topological polar surface area (TPSA) is 73.3 Å². The summed E-state index contributed by atoms with van der Waals surface area (Å²) in [6.07, 6.45) is 0. The van der Waals surface area contributed by atoms with Crippen LogP contribution in [-0.2, 0) is 4.74 Å². The van der Waals surface area contributed by atoms with Crippen molar-refractivity contribution in [2.75, 3.05) is 37.0 Å². The second-order valence-electron chi connectivity index (χ2n) is 2.98. The average molecular weight is 234 g/mol. The first-order valence-corrected chi connectivity index (χ1v) is 4.71. The molecule has 0 bridgehead atoms. The van der Waals surface area contributed by atoms with E-state index in [4.69, 9.17) is 27.8 Å². The van der Waals surface area contributed by atoms with Gasteiger partial charge in [-0.3, -0.25) is 0 Å². The molecule has 0 saturated carbocycles. The number of benzene rings is 1. The Morgan fingerprint density at radius 3 is 2.73 bits per heavy atom. The van der Waals surface area contributed by atoms with Crippen LogP contribution in [0.2, 0.25) is 5.02 Å². The lowest BCUT2D eigenvalue weighted by atomic mass is 10.2. The van der Waals surface area contributed by atoms with Gasteiger partial charge in [0.15, 0.2) is 5.82 Å². The summed E-state index contributed by atoms with van der Waals surface area (Å²) in [5, 5.41) is 2.66. The van der Waals surface area contributed by atoms with Gasteiger partial charge in [0, 0.05) is 13.7 Å². The van der Waals surface area contributed by atoms with Gasteiger partial charge in [0.2, 0.25) is 0 Å². The van der Waals surface area contributed by atoms with E-state index in [2.05, 4.69) is 5.32 Å². The van der Waals surface area contributed by atoms with E-state index < -0.39 is 5.82 Å². The fourth-order valence-corrected chi connectivity index (χ4v) is 1.27. The molecule has 0 aliphatic heterocycles. The number of hydrogen-bond acceptors (Lipinski definition) is 4. The molecule has 0 heterocycles. The first kappa shape index (κ1) is 11.9. The van der Waals surface area contributed by atoms with E-state index in [-0.39, 0.29) is 22.1 Å². The third kappa shape index (κ3) is 2.64. The third-order valence-corrected chi connectivity index (χ3v) is 2.26. The largest absolute Gasteiger partial charge is 0.397 e. The molecular weight excluding hydrogens is 221 g/mol. The second-order valence-corrected chi connectivity index (χ2v) is 3.36. The van der Waals surface area contributed by atoms with Gasteiger partial charge < -0.3 is 21.5 Å². The Morgan fingerprint density at radius 2 is 2.13 bits per heavy atom. The molecule has 0 aliphatic carbocycles. The normalized spacial score (nSPS) is 10.3. The van der Waals surface area contributed by atoms with Crippen molar-refractivity contribution in [2.24, 2.45) is 0 Å². The fraction of sp³-hybridized carbons (Fsp3) is 0.333. The van der Waals surface area contributed by atoms with Crippen LogP contribution in [0.1, 0.15) is 0 Å². The maximum Gasteiger partial charge on any atom is 0.169 e. The number of methoxy groups -OCH3 is 1. The predicted molar refractivity (Wildman–Crippen MR) is 60.6 cm³/mol. The van der Waals surface area contributed by atoms with Crippen LogP contribution >= 0.6 is 11.6 Å². The van der Waals surface area contributed by atoms with Gasteiger partial charge in [0.05, 0.1) is 23.7 Å². The Bertz CT molecular complexity index is 360. The Kier molecular flexibility index (Phi) is 3.99. The van der Waals surface area contributed by atoms with Crippen LogP contribution in [0.3, 0.4) is 0 Å². The summed E-state index contributed by atoms with van der Waals surface area (Å²) in [6.45, 7) is 0.888. The van der Waals surface area contributed by atoms with Crippen LogP contribution in [0, 0.1) is 5.82 Å². The zero-order valence-electron chi connectivity index (χ0n) is 8.31. The van der Waals surface area contributed by atoms with E-state index in [0.717, 1.165) is 0 Å². The summed E-state index contributed by atoms with van der Waals surface area (Å²) in [5.74, 6) is -0.634. The highest BCUT2D eigenvalue weighted by atomic mass is 35.5. The molecule has 5 N–H and O–H groups in total. The number of ether oxygens (including phenoxy) is 1. The monoisotopic (exact) mass is 233 g/mol. The maximum absolute atomic E-state index is 13.6. The number of nitrogens with two attached hydrogens (primary N) is 2. The van der Waals surface area contributed by atoms with Gasteiger partial charge in [0.1, 0.15) is 5.02 Å². The van der Waals surface area contributed by atoms with Crippen LogP contribution < -0.4 is 16.8 Å². The number of halogens is 2. The summed E-state index contributed by atoms with van der Waals surface area (Å²) in [6, 6.07) is 1.42. The molecule has 1 aromatic rings. The lowest BCUT2D eigenvalue weighted by Crippen LogP contribution is -2.11. The molecule has 0 saturated heterocycles. The van der Waals surface area contributed by atoms with Gasteiger partial charge in [0.25, 0.3) is 0 Å². The van der Waals surface area contributed by atoms with Crippen molar-refractivity contribution in [1.29, 1.82) is 0 Å². The zero-order valence-corrected chi connectivity index (χ0v) is 9.07. The van der Waals surface area contributed by atoms with Crippen LogP contribution in [0.4, 0.5) is 21.5 Å². The summed E-state index contributed by atoms with van der Waals surface area (Å²) < 4.78 is 18.4. The number of hydrogen-bond donors (Lipinski definition) is 3. The molecule has 0 fully saturated rings. The Balaban J connectivity index is 2.92. The lowest BCUT2D eigenvalue weighted by molar-refractivity contribution is 0.210. The third-order valence-electron chi connectivity index (χ3n) is 1.87. The Hall–Kier alpha value is -1.20. The highest BCUT2D eigenvalue weighted by molar-refractivity contribution is 6.33. The standard InChI is InChI=1S/C9H13ClFN3O/c1-15-3-2-14-9-6(13)4-5(12)7(10)8(9)11/h4,14H,2-3,12-13H2,1H3. The van der Waals surface area contributed by atoms with E-state index in [9.17, 15) is 4.39 Å². The van der Waals surface area contributed by atoms with Gasteiger partial charge in [-0.2, -0.15) is 0 Å². The number of nitrogen functional groups attached to an aromatic ring is 2. The van der Waals surface area contributed by atoms with Crippen molar-refractivity contribution in [2.45, 2.75) is 0 Å². The molecule has 6 heteroatoms. The van der Waals surface area contributed by atoms with E-state index in [1.807, 2.05) is 0 Å². The lowest BCUT2D eigenvalue weighted by Gasteiger charge is -2.12.